The number of para-hydroxylation sites is 2. The number of benzene rings is 2. The molecule has 3 aromatic rings. The molecule has 2 N–H and O–H groups in total. The number of nitrogens with zero attached hydrogens (tertiary/aromatic N) is 1. The standard InChI is InChI=1S/C18H17N3O2S/c1-12(22)13-6-8-14(9-7-13)19-17(23)10-11-24-18-20-15-4-2-3-5-16(15)21-18/h2-9H,10-11H2,1H3,(H,19,23)(H,20,21). The van der Waals surface area contributed by atoms with Gasteiger partial charge in [0, 0.05) is 23.4 Å². The van der Waals surface area contributed by atoms with Crippen LogP contribution < -0.4 is 5.32 Å². The number of nitrogens with one attached hydrogen (secondary N) is 2. The first kappa shape index (κ1) is 16.3. The van der Waals surface area contributed by atoms with Gasteiger partial charge in [0.15, 0.2) is 10.9 Å². The number of amides is 1. The maximum Gasteiger partial charge on any atom is 0.225 e. The molecule has 1 amide bonds. The highest BCUT2D eigenvalue weighted by Gasteiger charge is 2.06. The van der Waals surface area contributed by atoms with E-state index in [9.17, 15) is 9.59 Å². The maximum atomic E-state index is 12.0. The number of fused-ring (bicyclic) bond motifs is 1. The largest absolute Gasteiger partial charge is 0.333 e. The van der Waals surface area contributed by atoms with Crippen LogP contribution in [-0.2, 0) is 4.79 Å². The Labute approximate surface area is 143 Å². The summed E-state index contributed by atoms with van der Waals surface area (Å²) < 4.78 is 0. The molecule has 0 aliphatic heterocycles. The molecule has 5 nitrogen and oxygen atoms in total. The molecular weight excluding hydrogens is 322 g/mol. The Bertz CT molecular complexity index is 838. The normalized spacial score (nSPS) is 10.7. The van der Waals surface area contributed by atoms with Gasteiger partial charge in [-0.2, -0.15) is 0 Å². The van der Waals surface area contributed by atoms with Crippen molar-refractivity contribution in [1.29, 1.82) is 0 Å². The zero-order valence-corrected chi connectivity index (χ0v) is 14.0. The molecule has 0 radical (unpaired) electrons. The molecule has 3 rings (SSSR count). The molecule has 0 atom stereocenters. The number of rotatable bonds is 6. The molecule has 0 spiro atoms. The molecular formula is C18H17N3O2S. The van der Waals surface area contributed by atoms with Crippen LogP contribution in [0.25, 0.3) is 11.0 Å². The summed E-state index contributed by atoms with van der Waals surface area (Å²) in [6.45, 7) is 1.52. The summed E-state index contributed by atoms with van der Waals surface area (Å²) in [5.74, 6) is 0.585. The molecule has 1 aromatic heterocycles. The molecule has 0 saturated carbocycles. The monoisotopic (exact) mass is 339 g/mol. The van der Waals surface area contributed by atoms with Crippen LogP contribution in [0.4, 0.5) is 5.69 Å². The van der Waals surface area contributed by atoms with Gasteiger partial charge in [-0.25, -0.2) is 4.98 Å². The van der Waals surface area contributed by atoms with Gasteiger partial charge in [0.25, 0.3) is 0 Å². The lowest BCUT2D eigenvalue weighted by Crippen LogP contribution is -2.12. The first-order valence-electron chi connectivity index (χ1n) is 7.60. The van der Waals surface area contributed by atoms with Gasteiger partial charge < -0.3 is 10.3 Å². The summed E-state index contributed by atoms with van der Waals surface area (Å²) in [7, 11) is 0. The minimum absolute atomic E-state index is 0.00936. The highest BCUT2D eigenvalue weighted by molar-refractivity contribution is 7.99. The van der Waals surface area contributed by atoms with Gasteiger partial charge in [0.05, 0.1) is 11.0 Å². The molecule has 0 fully saturated rings. The smallest absolute Gasteiger partial charge is 0.225 e. The van der Waals surface area contributed by atoms with E-state index in [0.717, 1.165) is 16.2 Å². The van der Waals surface area contributed by atoms with Crippen molar-refractivity contribution in [2.45, 2.75) is 18.5 Å². The van der Waals surface area contributed by atoms with E-state index in [1.807, 2.05) is 24.3 Å². The van der Waals surface area contributed by atoms with E-state index in [-0.39, 0.29) is 11.7 Å². The number of carbonyl (C=O) groups excluding carboxylic acids is 2. The lowest BCUT2D eigenvalue weighted by molar-refractivity contribution is -0.115. The van der Waals surface area contributed by atoms with Crippen molar-refractivity contribution in [1.82, 2.24) is 9.97 Å². The topological polar surface area (TPSA) is 74.8 Å². The summed E-state index contributed by atoms with van der Waals surface area (Å²) in [5.41, 5.74) is 3.25. The van der Waals surface area contributed by atoms with E-state index in [4.69, 9.17) is 0 Å². The molecule has 0 aliphatic carbocycles. The average Bonchev–Trinajstić information content (AvgIpc) is 2.98. The van der Waals surface area contributed by atoms with Crippen LogP contribution in [0.3, 0.4) is 0 Å². The fourth-order valence-electron chi connectivity index (χ4n) is 2.25. The molecule has 0 aliphatic rings. The van der Waals surface area contributed by atoms with E-state index in [1.54, 1.807) is 24.3 Å². The van der Waals surface area contributed by atoms with Gasteiger partial charge >= 0.3 is 0 Å². The Morgan fingerprint density at radius 1 is 1.12 bits per heavy atom. The number of aromatic amines is 1. The maximum absolute atomic E-state index is 12.0. The number of hydrogen-bond acceptors (Lipinski definition) is 4. The zero-order valence-electron chi connectivity index (χ0n) is 13.2. The Balaban J connectivity index is 1.49. The van der Waals surface area contributed by atoms with Crippen molar-refractivity contribution in [3.05, 3.63) is 54.1 Å². The fraction of sp³-hybridized carbons (Fsp3) is 0.167. The molecule has 6 heteroatoms. The molecule has 2 aromatic carbocycles. The van der Waals surface area contributed by atoms with Crippen molar-refractivity contribution >= 4 is 40.2 Å². The molecule has 0 bridgehead atoms. The first-order chi connectivity index (χ1) is 11.6. The van der Waals surface area contributed by atoms with Crippen LogP contribution in [0.5, 0.6) is 0 Å². The van der Waals surface area contributed by atoms with Gasteiger partial charge in [-0.05, 0) is 43.3 Å². The second kappa shape index (κ2) is 7.31. The second-order valence-electron chi connectivity index (χ2n) is 5.34. The molecule has 24 heavy (non-hydrogen) atoms. The van der Waals surface area contributed by atoms with E-state index in [0.29, 0.717) is 23.4 Å². The Morgan fingerprint density at radius 3 is 2.58 bits per heavy atom. The first-order valence-corrected chi connectivity index (χ1v) is 8.59. The third-order valence-electron chi connectivity index (χ3n) is 3.51. The lowest BCUT2D eigenvalue weighted by Gasteiger charge is -2.05. The summed E-state index contributed by atoms with van der Waals surface area (Å²) in [6.07, 6.45) is 0.385. The van der Waals surface area contributed by atoms with Crippen LogP contribution >= 0.6 is 11.8 Å². The molecule has 1 heterocycles. The highest BCUT2D eigenvalue weighted by Crippen LogP contribution is 2.20. The van der Waals surface area contributed by atoms with E-state index in [1.165, 1.54) is 18.7 Å². The summed E-state index contributed by atoms with van der Waals surface area (Å²) in [4.78, 5) is 30.9. The van der Waals surface area contributed by atoms with Crippen LogP contribution in [0.15, 0.2) is 53.7 Å². The number of ketones is 1. The zero-order chi connectivity index (χ0) is 16.9. The predicted molar refractivity (Wildman–Crippen MR) is 96.5 cm³/mol. The van der Waals surface area contributed by atoms with Crippen LogP contribution in [0, 0.1) is 0 Å². The van der Waals surface area contributed by atoms with Gasteiger partial charge in [-0.1, -0.05) is 23.9 Å². The van der Waals surface area contributed by atoms with E-state index < -0.39 is 0 Å². The number of carbonyl (C=O) groups is 2. The van der Waals surface area contributed by atoms with Crippen LogP contribution in [-0.4, -0.2) is 27.4 Å². The van der Waals surface area contributed by atoms with Crippen molar-refractivity contribution in [3.8, 4) is 0 Å². The van der Waals surface area contributed by atoms with Gasteiger partial charge in [0.2, 0.25) is 5.91 Å². The average molecular weight is 339 g/mol. The summed E-state index contributed by atoms with van der Waals surface area (Å²) >= 11 is 1.52. The van der Waals surface area contributed by atoms with Crippen molar-refractivity contribution in [2.75, 3.05) is 11.1 Å². The predicted octanol–water partition coefficient (Wildman–Crippen LogP) is 3.89. The van der Waals surface area contributed by atoms with Crippen molar-refractivity contribution in [3.63, 3.8) is 0 Å². The lowest BCUT2D eigenvalue weighted by atomic mass is 10.1. The third kappa shape index (κ3) is 4.02. The quantitative estimate of drug-likeness (QED) is 0.528. The SMILES string of the molecule is CC(=O)c1ccc(NC(=O)CCSc2nc3ccccc3[nH]2)cc1. The highest BCUT2D eigenvalue weighted by atomic mass is 32.2. The number of aromatic nitrogens is 2. The molecule has 0 saturated heterocycles. The Hall–Kier alpha value is -2.60. The van der Waals surface area contributed by atoms with Gasteiger partial charge in [-0.15, -0.1) is 0 Å². The summed E-state index contributed by atoms with van der Waals surface area (Å²) in [6, 6.07) is 14.7. The Kier molecular flexibility index (Phi) is 4.96. The number of H-pyrrole nitrogens is 1. The Morgan fingerprint density at radius 2 is 1.88 bits per heavy atom. The number of hydrogen-bond donors (Lipinski definition) is 2. The van der Waals surface area contributed by atoms with Crippen LogP contribution in [0.1, 0.15) is 23.7 Å². The van der Waals surface area contributed by atoms with E-state index in [2.05, 4.69) is 15.3 Å². The fourth-order valence-corrected chi connectivity index (χ4v) is 3.08. The van der Waals surface area contributed by atoms with Crippen molar-refractivity contribution in [2.24, 2.45) is 0 Å². The number of anilines is 1. The molecule has 122 valence electrons. The van der Waals surface area contributed by atoms with Crippen LogP contribution in [0.2, 0.25) is 0 Å². The van der Waals surface area contributed by atoms with E-state index >= 15 is 0 Å². The number of Topliss-reactive ketones (excluding diaryl/α,β-unsaturated/α-hetero) is 1. The second-order valence-corrected chi connectivity index (χ2v) is 6.42. The number of thioether (sulfide) groups is 1. The minimum atomic E-state index is -0.0609. The summed E-state index contributed by atoms with van der Waals surface area (Å²) in [5, 5.41) is 3.64. The van der Waals surface area contributed by atoms with Gasteiger partial charge in [0.1, 0.15) is 0 Å². The van der Waals surface area contributed by atoms with Gasteiger partial charge in [-0.3, -0.25) is 9.59 Å². The molecule has 0 unspecified atom stereocenters. The third-order valence-corrected chi connectivity index (χ3v) is 4.39. The van der Waals surface area contributed by atoms with Crippen molar-refractivity contribution < 1.29 is 9.59 Å². The minimum Gasteiger partial charge on any atom is -0.333 e. The number of imidazole rings is 1.